The Morgan fingerprint density at radius 3 is 2.63 bits per heavy atom. The standard InChI is InChI=1S/C32H33NO5/c1-3-4-8-16-37-26-13-9-12-23(19-26)29-28(30(34)24-14-15-27-25(18-24)17-21(2)38-27)31(35)32(36)33(29)20-22-10-6-5-7-11-22/h5-7,9-15,18-19,21,29,34H,3-4,8,16-17,20H2,1-2H3. The van der Waals surface area contributed by atoms with E-state index in [0.717, 1.165) is 42.6 Å². The van der Waals surface area contributed by atoms with Crippen molar-refractivity contribution in [2.24, 2.45) is 0 Å². The van der Waals surface area contributed by atoms with Gasteiger partial charge in [-0.3, -0.25) is 9.59 Å². The number of benzene rings is 3. The van der Waals surface area contributed by atoms with Crippen LogP contribution in [0.2, 0.25) is 0 Å². The third-order valence-electron chi connectivity index (χ3n) is 7.10. The lowest BCUT2D eigenvalue weighted by Gasteiger charge is -2.26. The van der Waals surface area contributed by atoms with E-state index in [1.807, 2.05) is 73.7 Å². The zero-order valence-electron chi connectivity index (χ0n) is 21.9. The van der Waals surface area contributed by atoms with Crippen molar-refractivity contribution in [3.05, 3.63) is 101 Å². The molecule has 3 aromatic rings. The Bertz CT molecular complexity index is 1360. The first kappa shape index (κ1) is 25.6. The molecule has 1 amide bonds. The average Bonchev–Trinajstić information content (AvgIpc) is 3.42. The van der Waals surface area contributed by atoms with Gasteiger partial charge >= 0.3 is 0 Å². The maximum atomic E-state index is 13.5. The predicted octanol–water partition coefficient (Wildman–Crippen LogP) is 6.20. The molecule has 6 nitrogen and oxygen atoms in total. The summed E-state index contributed by atoms with van der Waals surface area (Å²) in [5, 5.41) is 11.5. The summed E-state index contributed by atoms with van der Waals surface area (Å²) >= 11 is 0. The summed E-state index contributed by atoms with van der Waals surface area (Å²) in [6, 6.07) is 21.7. The quantitative estimate of drug-likeness (QED) is 0.160. The molecule has 0 spiro atoms. The number of Topliss-reactive ketones (excluding diaryl/α,β-unsaturated/α-hetero) is 1. The number of fused-ring (bicyclic) bond motifs is 1. The molecule has 0 saturated carbocycles. The molecule has 0 radical (unpaired) electrons. The topological polar surface area (TPSA) is 76.1 Å². The zero-order valence-corrected chi connectivity index (χ0v) is 21.9. The van der Waals surface area contributed by atoms with Crippen molar-refractivity contribution >= 4 is 17.4 Å². The van der Waals surface area contributed by atoms with Gasteiger partial charge < -0.3 is 19.5 Å². The van der Waals surface area contributed by atoms with Crippen LogP contribution in [0.4, 0.5) is 0 Å². The number of rotatable bonds is 9. The Hall–Kier alpha value is -4.06. The van der Waals surface area contributed by atoms with Gasteiger partial charge in [0.05, 0.1) is 18.2 Å². The highest BCUT2D eigenvalue weighted by Crippen LogP contribution is 2.42. The second-order valence-electron chi connectivity index (χ2n) is 10.00. The van der Waals surface area contributed by atoms with E-state index >= 15 is 0 Å². The summed E-state index contributed by atoms with van der Waals surface area (Å²) in [5.41, 5.74) is 3.17. The fourth-order valence-corrected chi connectivity index (χ4v) is 5.21. The Kier molecular flexibility index (Phi) is 7.50. The molecular formula is C32H33NO5. The van der Waals surface area contributed by atoms with Crippen molar-refractivity contribution in [1.82, 2.24) is 4.90 Å². The van der Waals surface area contributed by atoms with Gasteiger partial charge in [0, 0.05) is 18.5 Å². The van der Waals surface area contributed by atoms with Gasteiger partial charge in [0.25, 0.3) is 11.7 Å². The molecule has 1 saturated heterocycles. The molecule has 6 heteroatoms. The normalized spacial score (nSPS) is 19.9. The Labute approximate surface area is 223 Å². The highest BCUT2D eigenvalue weighted by atomic mass is 16.5. The van der Waals surface area contributed by atoms with Gasteiger partial charge in [0.15, 0.2) is 0 Å². The van der Waals surface area contributed by atoms with E-state index < -0.39 is 17.7 Å². The van der Waals surface area contributed by atoms with Gasteiger partial charge in [-0.2, -0.15) is 0 Å². The second kappa shape index (κ2) is 11.1. The minimum Gasteiger partial charge on any atom is -0.507 e. The molecule has 1 N–H and O–H groups in total. The maximum Gasteiger partial charge on any atom is 0.295 e. The van der Waals surface area contributed by atoms with Crippen LogP contribution in [-0.2, 0) is 22.6 Å². The summed E-state index contributed by atoms with van der Waals surface area (Å²) < 4.78 is 11.8. The Balaban J connectivity index is 1.56. The molecule has 2 atom stereocenters. The average molecular weight is 512 g/mol. The van der Waals surface area contributed by atoms with E-state index in [1.165, 1.54) is 4.90 Å². The molecule has 3 aromatic carbocycles. The van der Waals surface area contributed by atoms with Crippen LogP contribution >= 0.6 is 0 Å². The number of ketones is 1. The van der Waals surface area contributed by atoms with Gasteiger partial charge in [-0.05, 0) is 60.4 Å². The van der Waals surface area contributed by atoms with E-state index in [4.69, 9.17) is 9.47 Å². The van der Waals surface area contributed by atoms with Crippen LogP contribution in [-0.4, -0.2) is 34.4 Å². The van der Waals surface area contributed by atoms with Crippen molar-refractivity contribution < 1.29 is 24.2 Å². The van der Waals surface area contributed by atoms with Crippen molar-refractivity contribution in [3.8, 4) is 11.5 Å². The second-order valence-corrected chi connectivity index (χ2v) is 10.00. The minimum absolute atomic E-state index is 0.0546. The number of ether oxygens (including phenoxy) is 2. The molecule has 2 aliphatic rings. The largest absolute Gasteiger partial charge is 0.507 e. The number of hydrogen-bond donors (Lipinski definition) is 1. The number of nitrogens with zero attached hydrogens (tertiary/aromatic N) is 1. The molecule has 0 aromatic heterocycles. The van der Waals surface area contributed by atoms with Crippen molar-refractivity contribution in [2.75, 3.05) is 6.61 Å². The van der Waals surface area contributed by atoms with Crippen LogP contribution in [0.5, 0.6) is 11.5 Å². The van der Waals surface area contributed by atoms with Crippen molar-refractivity contribution in [1.29, 1.82) is 0 Å². The maximum absolute atomic E-state index is 13.5. The molecule has 2 heterocycles. The Morgan fingerprint density at radius 2 is 1.84 bits per heavy atom. The van der Waals surface area contributed by atoms with E-state index in [9.17, 15) is 14.7 Å². The number of amides is 1. The molecule has 196 valence electrons. The van der Waals surface area contributed by atoms with Crippen molar-refractivity contribution in [3.63, 3.8) is 0 Å². The first-order valence-electron chi connectivity index (χ1n) is 13.3. The zero-order chi connectivity index (χ0) is 26.6. The van der Waals surface area contributed by atoms with E-state index in [2.05, 4.69) is 6.92 Å². The number of aliphatic hydroxyl groups is 1. The number of aliphatic hydroxyl groups excluding tert-OH is 1. The third kappa shape index (κ3) is 5.17. The number of unbranched alkanes of at least 4 members (excludes halogenated alkanes) is 2. The van der Waals surface area contributed by atoms with Crippen LogP contribution in [0.1, 0.15) is 61.4 Å². The molecule has 0 bridgehead atoms. The van der Waals surface area contributed by atoms with Crippen LogP contribution in [0.3, 0.4) is 0 Å². The fourth-order valence-electron chi connectivity index (χ4n) is 5.21. The lowest BCUT2D eigenvalue weighted by molar-refractivity contribution is -0.140. The molecule has 1 fully saturated rings. The summed E-state index contributed by atoms with van der Waals surface area (Å²) in [4.78, 5) is 28.4. The van der Waals surface area contributed by atoms with E-state index in [1.54, 1.807) is 6.07 Å². The van der Waals surface area contributed by atoms with Gasteiger partial charge in [-0.1, -0.05) is 62.2 Å². The minimum atomic E-state index is -0.752. The highest BCUT2D eigenvalue weighted by Gasteiger charge is 2.46. The van der Waals surface area contributed by atoms with Gasteiger partial charge in [0.2, 0.25) is 0 Å². The van der Waals surface area contributed by atoms with Crippen molar-refractivity contribution in [2.45, 2.75) is 58.2 Å². The number of likely N-dealkylation sites (tertiary alicyclic amines) is 1. The molecule has 2 aliphatic heterocycles. The summed E-state index contributed by atoms with van der Waals surface area (Å²) in [6.45, 7) is 4.97. The van der Waals surface area contributed by atoms with E-state index in [-0.39, 0.29) is 24.0 Å². The summed E-state index contributed by atoms with van der Waals surface area (Å²) in [7, 11) is 0. The lowest BCUT2D eigenvalue weighted by atomic mass is 9.94. The summed E-state index contributed by atoms with van der Waals surface area (Å²) in [6.07, 6.45) is 3.92. The lowest BCUT2D eigenvalue weighted by Crippen LogP contribution is -2.29. The molecule has 38 heavy (non-hydrogen) atoms. The highest BCUT2D eigenvalue weighted by molar-refractivity contribution is 6.46. The van der Waals surface area contributed by atoms with Crippen LogP contribution in [0, 0.1) is 0 Å². The van der Waals surface area contributed by atoms with Crippen LogP contribution < -0.4 is 9.47 Å². The van der Waals surface area contributed by atoms with Gasteiger partial charge in [0.1, 0.15) is 23.4 Å². The smallest absolute Gasteiger partial charge is 0.295 e. The first-order chi connectivity index (χ1) is 18.5. The number of carbonyl (C=O) groups is 2. The van der Waals surface area contributed by atoms with E-state index in [0.29, 0.717) is 23.5 Å². The van der Waals surface area contributed by atoms with Crippen LogP contribution in [0.15, 0.2) is 78.4 Å². The fraction of sp³-hybridized carbons (Fsp3) is 0.312. The number of hydrogen-bond acceptors (Lipinski definition) is 5. The SMILES string of the molecule is CCCCCOc1cccc(C2C(=C(O)c3ccc4c(c3)CC(C)O4)C(=O)C(=O)N2Cc2ccccc2)c1. The molecular weight excluding hydrogens is 478 g/mol. The van der Waals surface area contributed by atoms with Crippen LogP contribution in [0.25, 0.3) is 5.76 Å². The predicted molar refractivity (Wildman–Crippen MR) is 146 cm³/mol. The van der Waals surface area contributed by atoms with Gasteiger partial charge in [-0.25, -0.2) is 0 Å². The van der Waals surface area contributed by atoms with Gasteiger partial charge in [-0.15, -0.1) is 0 Å². The monoisotopic (exact) mass is 511 g/mol. The molecule has 5 rings (SSSR count). The Morgan fingerprint density at radius 1 is 1.03 bits per heavy atom. The third-order valence-corrected chi connectivity index (χ3v) is 7.10. The first-order valence-corrected chi connectivity index (χ1v) is 13.3. The molecule has 2 unspecified atom stereocenters. The molecule has 0 aliphatic carbocycles. The number of carbonyl (C=O) groups excluding carboxylic acids is 2. The summed E-state index contributed by atoms with van der Waals surface area (Å²) in [5.74, 6) is -0.0493.